The van der Waals surface area contributed by atoms with Crippen molar-refractivity contribution in [3.8, 4) is 0 Å². The van der Waals surface area contributed by atoms with E-state index in [4.69, 9.17) is 0 Å². The van der Waals surface area contributed by atoms with Gasteiger partial charge < -0.3 is 5.32 Å². The van der Waals surface area contributed by atoms with E-state index in [1.807, 2.05) is 24.3 Å². The van der Waals surface area contributed by atoms with Crippen molar-refractivity contribution in [3.05, 3.63) is 64.6 Å². The first-order chi connectivity index (χ1) is 7.86. The van der Waals surface area contributed by atoms with E-state index in [1.54, 1.807) is 0 Å². The quantitative estimate of drug-likeness (QED) is 0.886. The van der Waals surface area contributed by atoms with E-state index in [9.17, 15) is 0 Å². The van der Waals surface area contributed by atoms with Crippen LogP contribution in [0, 0.1) is 0 Å². The van der Waals surface area contributed by atoms with Crippen LogP contribution < -0.4 is 5.32 Å². The van der Waals surface area contributed by atoms with Crippen LogP contribution in [0.15, 0.2) is 59.1 Å². The van der Waals surface area contributed by atoms with Gasteiger partial charge in [-0.15, -0.1) is 0 Å². The summed E-state index contributed by atoms with van der Waals surface area (Å²) in [5.41, 5.74) is 2.51. The molecule has 1 N–H and O–H groups in total. The summed E-state index contributed by atoms with van der Waals surface area (Å²) >= 11 is 3.52. The standard InChI is InChI=1S/C14H14BrN/c15-13-8-4-5-9-14(13)16-11-10-12-6-2-1-3-7-12/h1-9,16H,10-11H2. The molecule has 0 aliphatic rings. The molecule has 82 valence electrons. The van der Waals surface area contributed by atoms with Gasteiger partial charge in [0.15, 0.2) is 0 Å². The minimum absolute atomic E-state index is 0.951. The van der Waals surface area contributed by atoms with Gasteiger partial charge in [0, 0.05) is 16.7 Å². The normalized spacial score (nSPS) is 10.1. The summed E-state index contributed by atoms with van der Waals surface area (Å²) in [6.07, 6.45) is 1.04. The first-order valence-electron chi connectivity index (χ1n) is 5.38. The van der Waals surface area contributed by atoms with E-state index in [1.165, 1.54) is 5.56 Å². The molecule has 1 nitrogen and oxygen atoms in total. The summed E-state index contributed by atoms with van der Waals surface area (Å²) in [7, 11) is 0. The summed E-state index contributed by atoms with van der Waals surface area (Å²) in [6, 6.07) is 18.7. The number of anilines is 1. The van der Waals surface area contributed by atoms with Crippen LogP contribution in [0.1, 0.15) is 5.56 Å². The number of rotatable bonds is 4. The summed E-state index contributed by atoms with van der Waals surface area (Å²) < 4.78 is 1.11. The van der Waals surface area contributed by atoms with Gasteiger partial charge in [-0.2, -0.15) is 0 Å². The number of hydrogen-bond donors (Lipinski definition) is 1. The topological polar surface area (TPSA) is 12.0 Å². The second-order valence-corrected chi connectivity index (χ2v) is 4.50. The second kappa shape index (κ2) is 5.71. The maximum absolute atomic E-state index is 3.52. The van der Waals surface area contributed by atoms with Crippen molar-refractivity contribution in [2.75, 3.05) is 11.9 Å². The lowest BCUT2D eigenvalue weighted by molar-refractivity contribution is 1.02. The van der Waals surface area contributed by atoms with Gasteiger partial charge in [-0.3, -0.25) is 0 Å². The fraction of sp³-hybridized carbons (Fsp3) is 0.143. The minimum Gasteiger partial charge on any atom is -0.384 e. The number of nitrogens with one attached hydrogen (secondary N) is 1. The molecule has 0 aliphatic heterocycles. The van der Waals surface area contributed by atoms with E-state index in [0.29, 0.717) is 0 Å². The molecule has 2 rings (SSSR count). The highest BCUT2D eigenvalue weighted by atomic mass is 79.9. The third-order valence-corrected chi connectivity index (χ3v) is 3.14. The van der Waals surface area contributed by atoms with Crippen molar-refractivity contribution in [2.24, 2.45) is 0 Å². The lowest BCUT2D eigenvalue weighted by Gasteiger charge is -2.08. The Hall–Kier alpha value is -1.28. The SMILES string of the molecule is Brc1ccccc1NCCc1ccccc1. The Kier molecular flexibility index (Phi) is 4.00. The van der Waals surface area contributed by atoms with Crippen LogP contribution in [0.4, 0.5) is 5.69 Å². The zero-order valence-electron chi connectivity index (χ0n) is 8.99. The molecule has 0 amide bonds. The molecular weight excluding hydrogens is 262 g/mol. The third-order valence-electron chi connectivity index (χ3n) is 2.45. The van der Waals surface area contributed by atoms with E-state index in [-0.39, 0.29) is 0 Å². The largest absolute Gasteiger partial charge is 0.384 e. The summed E-state index contributed by atoms with van der Waals surface area (Å²) in [4.78, 5) is 0. The zero-order valence-corrected chi connectivity index (χ0v) is 10.6. The average Bonchev–Trinajstić information content (AvgIpc) is 2.33. The molecule has 0 saturated heterocycles. The molecule has 0 bridgehead atoms. The Morgan fingerprint density at radius 1 is 0.875 bits per heavy atom. The van der Waals surface area contributed by atoms with Crippen molar-refractivity contribution in [2.45, 2.75) is 6.42 Å². The zero-order chi connectivity index (χ0) is 11.2. The van der Waals surface area contributed by atoms with E-state index in [2.05, 4.69) is 51.6 Å². The van der Waals surface area contributed by atoms with Crippen molar-refractivity contribution in [1.29, 1.82) is 0 Å². The predicted octanol–water partition coefficient (Wildman–Crippen LogP) is 4.10. The van der Waals surface area contributed by atoms with Crippen LogP contribution >= 0.6 is 15.9 Å². The maximum Gasteiger partial charge on any atom is 0.0484 e. The summed E-state index contributed by atoms with van der Waals surface area (Å²) in [5.74, 6) is 0. The first-order valence-corrected chi connectivity index (χ1v) is 6.18. The molecule has 2 heteroatoms. The minimum atomic E-state index is 0.951. The van der Waals surface area contributed by atoms with Crippen LogP contribution in [-0.2, 0) is 6.42 Å². The van der Waals surface area contributed by atoms with Gasteiger partial charge in [-0.25, -0.2) is 0 Å². The van der Waals surface area contributed by atoms with Crippen molar-refractivity contribution < 1.29 is 0 Å². The highest BCUT2D eigenvalue weighted by molar-refractivity contribution is 9.10. The monoisotopic (exact) mass is 275 g/mol. The third kappa shape index (κ3) is 3.11. The van der Waals surface area contributed by atoms with Crippen LogP contribution in [-0.4, -0.2) is 6.54 Å². The molecule has 0 heterocycles. The maximum atomic E-state index is 3.52. The van der Waals surface area contributed by atoms with Gasteiger partial charge in [0.1, 0.15) is 0 Å². The Morgan fingerprint density at radius 2 is 1.56 bits per heavy atom. The molecule has 0 unspecified atom stereocenters. The van der Waals surface area contributed by atoms with Crippen LogP contribution in [0.25, 0.3) is 0 Å². The van der Waals surface area contributed by atoms with Gasteiger partial charge in [0.2, 0.25) is 0 Å². The van der Waals surface area contributed by atoms with Gasteiger partial charge >= 0.3 is 0 Å². The Labute approximate surface area is 105 Å². The number of para-hydroxylation sites is 1. The molecule has 0 aromatic heterocycles. The highest BCUT2D eigenvalue weighted by Crippen LogP contribution is 2.20. The van der Waals surface area contributed by atoms with Gasteiger partial charge in [0.25, 0.3) is 0 Å². The fourth-order valence-electron chi connectivity index (χ4n) is 1.59. The number of benzene rings is 2. The van der Waals surface area contributed by atoms with Crippen LogP contribution in [0.5, 0.6) is 0 Å². The lowest BCUT2D eigenvalue weighted by Crippen LogP contribution is -2.04. The summed E-state index contributed by atoms with van der Waals surface area (Å²) in [6.45, 7) is 0.951. The molecule has 0 spiro atoms. The fourth-order valence-corrected chi connectivity index (χ4v) is 2.02. The molecule has 0 fully saturated rings. The second-order valence-electron chi connectivity index (χ2n) is 3.64. The van der Waals surface area contributed by atoms with Gasteiger partial charge in [0.05, 0.1) is 0 Å². The van der Waals surface area contributed by atoms with Crippen LogP contribution in [0.2, 0.25) is 0 Å². The van der Waals surface area contributed by atoms with Crippen LogP contribution in [0.3, 0.4) is 0 Å². The highest BCUT2D eigenvalue weighted by Gasteiger charge is 1.96. The molecule has 0 atom stereocenters. The Bertz CT molecular complexity index is 439. The van der Waals surface area contributed by atoms with E-state index in [0.717, 1.165) is 23.1 Å². The van der Waals surface area contributed by atoms with Crippen molar-refractivity contribution in [1.82, 2.24) is 0 Å². The molecule has 16 heavy (non-hydrogen) atoms. The molecule has 0 saturated carbocycles. The van der Waals surface area contributed by atoms with Gasteiger partial charge in [-0.05, 0) is 40.0 Å². The van der Waals surface area contributed by atoms with E-state index < -0.39 is 0 Å². The molecular formula is C14H14BrN. The molecule has 0 radical (unpaired) electrons. The average molecular weight is 276 g/mol. The molecule has 2 aromatic carbocycles. The Morgan fingerprint density at radius 3 is 2.31 bits per heavy atom. The van der Waals surface area contributed by atoms with E-state index >= 15 is 0 Å². The molecule has 2 aromatic rings. The molecule has 0 aliphatic carbocycles. The first kappa shape index (κ1) is 11.2. The predicted molar refractivity (Wildman–Crippen MR) is 72.8 cm³/mol. The van der Waals surface area contributed by atoms with Gasteiger partial charge in [-0.1, -0.05) is 42.5 Å². The number of halogens is 1. The summed E-state index contributed by atoms with van der Waals surface area (Å²) in [5, 5.41) is 3.41. The smallest absolute Gasteiger partial charge is 0.0484 e. The lowest BCUT2D eigenvalue weighted by atomic mass is 10.1. The van der Waals surface area contributed by atoms with Crippen molar-refractivity contribution >= 4 is 21.6 Å². The number of hydrogen-bond acceptors (Lipinski definition) is 1. The Balaban J connectivity index is 1.87. The van der Waals surface area contributed by atoms with Crippen molar-refractivity contribution in [3.63, 3.8) is 0 Å².